The molecule has 1 aromatic carbocycles. The van der Waals surface area contributed by atoms with Gasteiger partial charge in [0.2, 0.25) is 0 Å². The minimum absolute atomic E-state index is 0.637. The highest BCUT2D eigenvalue weighted by Gasteiger charge is 2.04. The van der Waals surface area contributed by atoms with Crippen LogP contribution in [-0.2, 0) is 6.54 Å². The van der Waals surface area contributed by atoms with E-state index in [4.69, 9.17) is 0 Å². The molecular formula is C12H15N3O. The van der Waals surface area contributed by atoms with E-state index < -0.39 is 0 Å². The second-order valence-electron chi connectivity index (χ2n) is 4.03. The van der Waals surface area contributed by atoms with E-state index in [1.807, 2.05) is 6.92 Å². The summed E-state index contributed by atoms with van der Waals surface area (Å²) in [6.45, 7) is 6.69. The average molecular weight is 217 g/mol. The predicted octanol–water partition coefficient (Wildman–Crippen LogP) is 2.61. The Morgan fingerprint density at radius 3 is 2.31 bits per heavy atom. The third-order valence-corrected chi connectivity index (χ3v) is 2.43. The summed E-state index contributed by atoms with van der Waals surface area (Å²) in [6.07, 6.45) is 0. The molecule has 1 aromatic heterocycles. The molecule has 0 aliphatic rings. The zero-order valence-corrected chi connectivity index (χ0v) is 9.74. The minimum Gasteiger partial charge on any atom is -0.379 e. The summed E-state index contributed by atoms with van der Waals surface area (Å²) in [7, 11) is 0. The van der Waals surface area contributed by atoms with Crippen molar-refractivity contribution in [2.75, 3.05) is 5.32 Å². The van der Waals surface area contributed by atoms with Crippen LogP contribution in [0.3, 0.4) is 0 Å². The van der Waals surface area contributed by atoms with E-state index >= 15 is 0 Å². The van der Waals surface area contributed by atoms with E-state index in [-0.39, 0.29) is 0 Å². The fraction of sp³-hybridized carbons (Fsp3) is 0.333. The van der Waals surface area contributed by atoms with Crippen LogP contribution < -0.4 is 5.32 Å². The SMILES string of the molecule is Cc1cc(C)cc(NCc2nonc2C)c1. The molecule has 0 saturated carbocycles. The number of nitrogens with zero attached hydrogens (tertiary/aromatic N) is 2. The summed E-state index contributed by atoms with van der Waals surface area (Å²) < 4.78 is 4.64. The van der Waals surface area contributed by atoms with E-state index in [0.29, 0.717) is 6.54 Å². The highest BCUT2D eigenvalue weighted by molar-refractivity contribution is 5.48. The first-order valence-corrected chi connectivity index (χ1v) is 5.25. The number of rotatable bonds is 3. The van der Waals surface area contributed by atoms with Crippen molar-refractivity contribution in [1.82, 2.24) is 10.3 Å². The van der Waals surface area contributed by atoms with Gasteiger partial charge in [-0.25, -0.2) is 4.63 Å². The topological polar surface area (TPSA) is 51.0 Å². The minimum atomic E-state index is 0.637. The van der Waals surface area contributed by atoms with Crippen LogP contribution in [-0.4, -0.2) is 10.3 Å². The third-order valence-electron chi connectivity index (χ3n) is 2.43. The van der Waals surface area contributed by atoms with Crippen LogP contribution >= 0.6 is 0 Å². The number of hydrogen-bond donors (Lipinski definition) is 1. The highest BCUT2D eigenvalue weighted by Crippen LogP contribution is 2.14. The summed E-state index contributed by atoms with van der Waals surface area (Å²) in [5.74, 6) is 0. The molecule has 0 spiro atoms. The molecule has 0 aliphatic carbocycles. The van der Waals surface area contributed by atoms with Crippen molar-refractivity contribution in [3.63, 3.8) is 0 Å². The van der Waals surface area contributed by atoms with Gasteiger partial charge in [-0.2, -0.15) is 0 Å². The van der Waals surface area contributed by atoms with Crippen LogP contribution in [0.15, 0.2) is 22.8 Å². The second-order valence-corrected chi connectivity index (χ2v) is 4.03. The van der Waals surface area contributed by atoms with Gasteiger partial charge in [-0.1, -0.05) is 16.4 Å². The lowest BCUT2D eigenvalue weighted by atomic mass is 10.1. The Kier molecular flexibility index (Phi) is 2.90. The molecule has 4 nitrogen and oxygen atoms in total. The van der Waals surface area contributed by atoms with Crippen LogP contribution in [0.5, 0.6) is 0 Å². The Balaban J connectivity index is 2.07. The summed E-state index contributed by atoms with van der Waals surface area (Å²) >= 11 is 0. The van der Waals surface area contributed by atoms with Crippen molar-refractivity contribution in [1.29, 1.82) is 0 Å². The molecule has 0 radical (unpaired) electrons. The normalized spacial score (nSPS) is 10.4. The maximum absolute atomic E-state index is 4.64. The van der Waals surface area contributed by atoms with Gasteiger partial charge < -0.3 is 5.32 Å². The molecule has 0 amide bonds. The molecule has 2 rings (SSSR count). The lowest BCUT2D eigenvalue weighted by Crippen LogP contribution is -2.01. The Morgan fingerprint density at radius 1 is 1.06 bits per heavy atom. The van der Waals surface area contributed by atoms with Gasteiger partial charge in [-0.3, -0.25) is 0 Å². The molecule has 0 unspecified atom stereocenters. The van der Waals surface area contributed by atoms with Crippen molar-refractivity contribution >= 4 is 5.69 Å². The van der Waals surface area contributed by atoms with Crippen molar-refractivity contribution in [2.24, 2.45) is 0 Å². The van der Waals surface area contributed by atoms with Crippen LogP contribution in [0.1, 0.15) is 22.5 Å². The summed E-state index contributed by atoms with van der Waals surface area (Å²) in [5, 5.41) is 10.9. The van der Waals surface area contributed by atoms with Crippen molar-refractivity contribution < 1.29 is 4.63 Å². The fourth-order valence-electron chi connectivity index (χ4n) is 1.67. The first kappa shape index (κ1) is 10.7. The summed E-state index contributed by atoms with van der Waals surface area (Å²) in [6, 6.07) is 6.36. The zero-order chi connectivity index (χ0) is 11.5. The van der Waals surface area contributed by atoms with Crippen LogP contribution in [0, 0.1) is 20.8 Å². The number of nitrogens with one attached hydrogen (secondary N) is 1. The fourth-order valence-corrected chi connectivity index (χ4v) is 1.67. The second kappa shape index (κ2) is 4.35. The molecule has 84 valence electrons. The number of benzene rings is 1. The van der Waals surface area contributed by atoms with E-state index in [1.165, 1.54) is 11.1 Å². The molecule has 16 heavy (non-hydrogen) atoms. The monoisotopic (exact) mass is 217 g/mol. The van der Waals surface area contributed by atoms with Gasteiger partial charge in [0.15, 0.2) is 0 Å². The van der Waals surface area contributed by atoms with Crippen LogP contribution in [0.2, 0.25) is 0 Å². The Bertz CT molecular complexity index is 471. The lowest BCUT2D eigenvalue weighted by molar-refractivity contribution is 0.301. The van der Waals surface area contributed by atoms with Gasteiger partial charge in [0.1, 0.15) is 11.4 Å². The molecule has 4 heteroatoms. The molecule has 0 saturated heterocycles. The maximum atomic E-state index is 4.64. The van der Waals surface area contributed by atoms with E-state index in [1.54, 1.807) is 0 Å². The maximum Gasteiger partial charge on any atom is 0.127 e. The number of aromatic nitrogens is 2. The zero-order valence-electron chi connectivity index (χ0n) is 9.74. The Morgan fingerprint density at radius 2 is 1.75 bits per heavy atom. The molecule has 0 bridgehead atoms. The van der Waals surface area contributed by atoms with Gasteiger partial charge in [-0.05, 0) is 44.0 Å². The highest BCUT2D eigenvalue weighted by atomic mass is 16.6. The Labute approximate surface area is 94.6 Å². The number of aryl methyl sites for hydroxylation is 3. The summed E-state index contributed by atoms with van der Waals surface area (Å²) in [5.41, 5.74) is 5.27. The molecular weight excluding hydrogens is 202 g/mol. The van der Waals surface area contributed by atoms with Crippen molar-refractivity contribution in [3.05, 3.63) is 40.7 Å². The van der Waals surface area contributed by atoms with E-state index in [2.05, 4.69) is 52.3 Å². The molecule has 2 aromatic rings. The Hall–Kier alpha value is -1.84. The average Bonchev–Trinajstić information content (AvgIpc) is 2.59. The van der Waals surface area contributed by atoms with Gasteiger partial charge in [-0.15, -0.1) is 0 Å². The number of hydrogen-bond acceptors (Lipinski definition) is 4. The number of anilines is 1. The van der Waals surface area contributed by atoms with Gasteiger partial charge in [0.05, 0.1) is 6.54 Å². The van der Waals surface area contributed by atoms with Crippen LogP contribution in [0.25, 0.3) is 0 Å². The summed E-state index contributed by atoms with van der Waals surface area (Å²) in [4.78, 5) is 0. The van der Waals surface area contributed by atoms with Gasteiger partial charge >= 0.3 is 0 Å². The molecule has 1 N–H and O–H groups in total. The first-order valence-electron chi connectivity index (χ1n) is 5.25. The first-order chi connectivity index (χ1) is 7.65. The lowest BCUT2D eigenvalue weighted by Gasteiger charge is -2.06. The van der Waals surface area contributed by atoms with E-state index in [9.17, 15) is 0 Å². The molecule has 0 atom stereocenters. The van der Waals surface area contributed by atoms with E-state index in [0.717, 1.165) is 17.1 Å². The molecule has 1 heterocycles. The predicted molar refractivity (Wildman–Crippen MR) is 62.3 cm³/mol. The largest absolute Gasteiger partial charge is 0.379 e. The van der Waals surface area contributed by atoms with Gasteiger partial charge in [0, 0.05) is 5.69 Å². The molecule has 0 aliphatic heterocycles. The molecule has 0 fully saturated rings. The van der Waals surface area contributed by atoms with Crippen molar-refractivity contribution in [3.8, 4) is 0 Å². The smallest absolute Gasteiger partial charge is 0.127 e. The van der Waals surface area contributed by atoms with Crippen molar-refractivity contribution in [2.45, 2.75) is 27.3 Å². The van der Waals surface area contributed by atoms with Gasteiger partial charge in [0.25, 0.3) is 0 Å². The quantitative estimate of drug-likeness (QED) is 0.858. The van der Waals surface area contributed by atoms with Crippen LogP contribution in [0.4, 0.5) is 5.69 Å². The third kappa shape index (κ3) is 2.39. The standard InChI is InChI=1S/C12H15N3O/c1-8-4-9(2)6-11(5-8)13-7-12-10(3)14-16-15-12/h4-6,13H,7H2,1-3H3.